The van der Waals surface area contributed by atoms with Gasteiger partial charge >= 0.3 is 0 Å². The van der Waals surface area contributed by atoms with E-state index >= 15 is 0 Å². The second-order valence-corrected chi connectivity index (χ2v) is 7.75. The summed E-state index contributed by atoms with van der Waals surface area (Å²) in [6.07, 6.45) is 5.33. The third-order valence-electron chi connectivity index (χ3n) is 4.33. The summed E-state index contributed by atoms with van der Waals surface area (Å²) < 4.78 is 24.5. The molecule has 2 N–H and O–H groups in total. The molecule has 2 atom stereocenters. The lowest BCUT2D eigenvalue weighted by Gasteiger charge is -2.44. The molecule has 2 unspecified atom stereocenters. The molecule has 2 aliphatic rings. The van der Waals surface area contributed by atoms with Gasteiger partial charge in [0, 0.05) is 37.8 Å². The molecule has 0 aromatic heterocycles. The molecule has 2 rings (SSSR count). The van der Waals surface area contributed by atoms with Crippen LogP contribution in [0.5, 0.6) is 0 Å². The van der Waals surface area contributed by atoms with E-state index in [4.69, 9.17) is 5.73 Å². The number of rotatable bonds is 2. The summed E-state index contributed by atoms with van der Waals surface area (Å²) in [7, 11) is -3.01. The largest absolute Gasteiger partial charge is 0.328 e. The number of hydrogen-bond acceptors (Lipinski definition) is 4. The molecule has 0 spiro atoms. The van der Waals surface area contributed by atoms with Gasteiger partial charge in [-0.05, 0) is 32.6 Å². The molecule has 5 nitrogen and oxygen atoms in total. The molecule has 0 aromatic rings. The smallest absolute Gasteiger partial charge is 0.211 e. The van der Waals surface area contributed by atoms with Crippen LogP contribution in [0.3, 0.4) is 0 Å². The molecular weight excluding hydrogens is 250 g/mol. The van der Waals surface area contributed by atoms with Crippen LogP contribution >= 0.6 is 0 Å². The van der Waals surface area contributed by atoms with Gasteiger partial charge in [0.25, 0.3) is 0 Å². The van der Waals surface area contributed by atoms with E-state index in [1.54, 1.807) is 4.31 Å². The summed E-state index contributed by atoms with van der Waals surface area (Å²) >= 11 is 0. The van der Waals surface area contributed by atoms with E-state index < -0.39 is 10.0 Å². The summed E-state index contributed by atoms with van der Waals surface area (Å²) in [5.74, 6) is 0. The number of nitrogens with two attached hydrogens (primary N) is 1. The SMILES string of the molecule is CC1CC(N)CCN1C1CCN(S(C)(=O)=O)CC1. The number of hydrogen-bond donors (Lipinski definition) is 1. The highest BCUT2D eigenvalue weighted by atomic mass is 32.2. The van der Waals surface area contributed by atoms with E-state index in [1.165, 1.54) is 6.26 Å². The lowest BCUT2D eigenvalue weighted by molar-refractivity contribution is 0.0670. The van der Waals surface area contributed by atoms with Crippen molar-refractivity contribution in [3.8, 4) is 0 Å². The van der Waals surface area contributed by atoms with Crippen LogP contribution in [-0.4, -0.2) is 61.6 Å². The summed E-state index contributed by atoms with van der Waals surface area (Å²) in [5.41, 5.74) is 5.98. The molecule has 0 bridgehead atoms. The Labute approximate surface area is 110 Å². The van der Waals surface area contributed by atoms with Gasteiger partial charge in [-0.15, -0.1) is 0 Å². The van der Waals surface area contributed by atoms with Crippen LogP contribution in [0.25, 0.3) is 0 Å². The zero-order valence-electron chi connectivity index (χ0n) is 11.4. The first-order valence-electron chi connectivity index (χ1n) is 6.84. The summed E-state index contributed by atoms with van der Waals surface area (Å²) in [5, 5.41) is 0. The fourth-order valence-electron chi connectivity index (χ4n) is 3.27. The Bertz CT molecular complexity index is 377. The Morgan fingerprint density at radius 3 is 2.22 bits per heavy atom. The zero-order chi connectivity index (χ0) is 13.3. The van der Waals surface area contributed by atoms with Gasteiger partial charge in [-0.1, -0.05) is 0 Å². The third kappa shape index (κ3) is 3.23. The molecule has 2 aliphatic heterocycles. The minimum atomic E-state index is -3.01. The Morgan fingerprint density at radius 2 is 1.72 bits per heavy atom. The van der Waals surface area contributed by atoms with Crippen molar-refractivity contribution in [3.05, 3.63) is 0 Å². The van der Waals surface area contributed by atoms with Crippen LogP contribution in [0, 0.1) is 0 Å². The second kappa shape index (κ2) is 5.45. The standard InChI is InChI=1S/C12H25N3O2S/c1-10-9-11(13)3-8-15(10)12-4-6-14(7-5-12)18(2,16)17/h10-12H,3-9,13H2,1-2H3. The Balaban J connectivity index is 1.90. The van der Waals surface area contributed by atoms with Crippen molar-refractivity contribution >= 4 is 10.0 Å². The molecule has 18 heavy (non-hydrogen) atoms. The topological polar surface area (TPSA) is 66.6 Å². The van der Waals surface area contributed by atoms with Crippen LogP contribution in [0.15, 0.2) is 0 Å². The maximum Gasteiger partial charge on any atom is 0.211 e. The number of piperidine rings is 2. The maximum absolute atomic E-state index is 11.5. The van der Waals surface area contributed by atoms with Crippen LogP contribution in [0.1, 0.15) is 32.6 Å². The maximum atomic E-state index is 11.5. The quantitative estimate of drug-likeness (QED) is 0.783. The van der Waals surface area contributed by atoms with Gasteiger partial charge < -0.3 is 5.73 Å². The molecule has 2 saturated heterocycles. The fourth-order valence-corrected chi connectivity index (χ4v) is 4.15. The number of nitrogens with zero attached hydrogens (tertiary/aromatic N) is 2. The first kappa shape index (κ1) is 14.2. The molecule has 6 heteroatoms. The highest BCUT2D eigenvalue weighted by Crippen LogP contribution is 2.25. The monoisotopic (exact) mass is 275 g/mol. The summed E-state index contributed by atoms with van der Waals surface area (Å²) in [4.78, 5) is 2.53. The van der Waals surface area contributed by atoms with E-state index in [0.29, 0.717) is 31.2 Å². The van der Waals surface area contributed by atoms with E-state index in [9.17, 15) is 8.42 Å². The first-order chi connectivity index (χ1) is 8.38. The number of likely N-dealkylation sites (tertiary alicyclic amines) is 1. The van der Waals surface area contributed by atoms with Crippen molar-refractivity contribution in [1.29, 1.82) is 0 Å². The minimum absolute atomic E-state index is 0.340. The molecule has 0 aromatic carbocycles. The molecule has 0 radical (unpaired) electrons. The van der Waals surface area contributed by atoms with Gasteiger partial charge in [-0.3, -0.25) is 4.90 Å². The van der Waals surface area contributed by atoms with Crippen molar-refractivity contribution in [1.82, 2.24) is 9.21 Å². The highest BCUT2D eigenvalue weighted by molar-refractivity contribution is 7.88. The van der Waals surface area contributed by atoms with Gasteiger partial charge in [0.15, 0.2) is 0 Å². The first-order valence-corrected chi connectivity index (χ1v) is 8.69. The predicted molar refractivity (Wildman–Crippen MR) is 72.8 cm³/mol. The normalized spacial score (nSPS) is 33.7. The van der Waals surface area contributed by atoms with E-state index in [1.807, 2.05) is 0 Å². The Hall–Kier alpha value is -0.170. The lowest BCUT2D eigenvalue weighted by Crippen LogP contribution is -2.53. The molecule has 0 aliphatic carbocycles. The third-order valence-corrected chi connectivity index (χ3v) is 5.63. The molecule has 2 fully saturated rings. The van der Waals surface area contributed by atoms with Crippen molar-refractivity contribution in [2.75, 3.05) is 25.9 Å². The number of sulfonamides is 1. The summed E-state index contributed by atoms with van der Waals surface area (Å²) in [6.45, 7) is 4.63. The molecule has 0 amide bonds. The average molecular weight is 275 g/mol. The van der Waals surface area contributed by atoms with E-state index in [0.717, 1.165) is 32.2 Å². The van der Waals surface area contributed by atoms with Crippen molar-refractivity contribution in [2.24, 2.45) is 5.73 Å². The Morgan fingerprint density at radius 1 is 1.11 bits per heavy atom. The lowest BCUT2D eigenvalue weighted by atomic mass is 9.94. The minimum Gasteiger partial charge on any atom is -0.328 e. The van der Waals surface area contributed by atoms with Crippen LogP contribution in [0.2, 0.25) is 0 Å². The second-order valence-electron chi connectivity index (χ2n) is 5.76. The van der Waals surface area contributed by atoms with Gasteiger partial charge in [0.1, 0.15) is 0 Å². The van der Waals surface area contributed by atoms with Gasteiger partial charge in [-0.2, -0.15) is 0 Å². The van der Waals surface area contributed by atoms with E-state index in [2.05, 4.69) is 11.8 Å². The van der Waals surface area contributed by atoms with Crippen LogP contribution in [-0.2, 0) is 10.0 Å². The van der Waals surface area contributed by atoms with E-state index in [-0.39, 0.29) is 0 Å². The molecule has 106 valence electrons. The molecule has 0 saturated carbocycles. The van der Waals surface area contributed by atoms with Crippen molar-refractivity contribution < 1.29 is 8.42 Å². The van der Waals surface area contributed by atoms with Crippen molar-refractivity contribution in [3.63, 3.8) is 0 Å². The van der Waals surface area contributed by atoms with Crippen LogP contribution in [0.4, 0.5) is 0 Å². The summed E-state index contributed by atoms with van der Waals surface area (Å²) in [6, 6.07) is 1.40. The van der Waals surface area contributed by atoms with Gasteiger partial charge in [0.2, 0.25) is 10.0 Å². The Kier molecular flexibility index (Phi) is 4.31. The molecule has 2 heterocycles. The van der Waals surface area contributed by atoms with Gasteiger partial charge in [-0.25, -0.2) is 12.7 Å². The highest BCUT2D eigenvalue weighted by Gasteiger charge is 2.33. The zero-order valence-corrected chi connectivity index (χ0v) is 12.2. The fraction of sp³-hybridized carbons (Fsp3) is 1.00. The van der Waals surface area contributed by atoms with Crippen molar-refractivity contribution in [2.45, 2.75) is 50.7 Å². The van der Waals surface area contributed by atoms with Gasteiger partial charge in [0.05, 0.1) is 6.26 Å². The predicted octanol–water partition coefficient (Wildman–Crippen LogP) is 0.222. The average Bonchev–Trinajstić information content (AvgIpc) is 2.28. The van der Waals surface area contributed by atoms with Crippen LogP contribution < -0.4 is 5.73 Å². The molecular formula is C12H25N3O2S.